The van der Waals surface area contributed by atoms with Gasteiger partial charge in [-0.15, -0.1) is 0 Å². The molecule has 0 aromatic carbocycles. The maximum absolute atomic E-state index is 11.2. The molecule has 5 heteroatoms. The summed E-state index contributed by atoms with van der Waals surface area (Å²) in [6, 6.07) is 0. The summed E-state index contributed by atoms with van der Waals surface area (Å²) < 4.78 is 9.73. The molecule has 0 bridgehead atoms. The van der Waals surface area contributed by atoms with Crippen LogP contribution in [-0.2, 0) is 9.47 Å². The fraction of sp³-hybridized carbons (Fsp3) is 0.833. The average molecular weight is 245 g/mol. The number of hydrogen-bond acceptors (Lipinski definition) is 4. The van der Waals surface area contributed by atoms with Crippen molar-refractivity contribution in [1.29, 1.82) is 0 Å². The smallest absolute Gasteiger partial charge is 0.417 e. The number of rotatable bonds is 5. The Bertz CT molecular complexity index is 245. The highest BCUT2D eigenvalue weighted by atomic mass is 16.6. The largest absolute Gasteiger partial charge is 0.449 e. The van der Waals surface area contributed by atoms with Crippen molar-refractivity contribution in [3.63, 3.8) is 0 Å². The second-order valence-electron chi connectivity index (χ2n) is 4.82. The van der Waals surface area contributed by atoms with Crippen LogP contribution in [0.1, 0.15) is 53.4 Å². The molecule has 0 aliphatic rings. The molecule has 0 aliphatic heterocycles. The molecular weight excluding hydrogens is 222 g/mol. The average Bonchev–Trinajstić information content (AvgIpc) is 2.14. The van der Waals surface area contributed by atoms with E-state index in [0.717, 1.165) is 25.7 Å². The summed E-state index contributed by atoms with van der Waals surface area (Å²) in [5.41, 5.74) is -0.620. The Morgan fingerprint density at radius 1 is 1.06 bits per heavy atom. The topological polar surface area (TPSA) is 64.6 Å². The minimum atomic E-state index is -0.781. The summed E-state index contributed by atoms with van der Waals surface area (Å²) in [5.74, 6) is 0. The SMILES string of the molecule is CCCCCCOC(=O)NC(=O)OC(C)(C)C. The Labute approximate surface area is 103 Å². The predicted octanol–water partition coefficient (Wildman–Crippen LogP) is 3.23. The zero-order valence-corrected chi connectivity index (χ0v) is 11.2. The lowest BCUT2D eigenvalue weighted by Crippen LogP contribution is -2.36. The molecule has 0 saturated carbocycles. The van der Waals surface area contributed by atoms with E-state index < -0.39 is 17.8 Å². The molecule has 0 aromatic rings. The number of imide groups is 1. The first-order chi connectivity index (χ1) is 7.85. The highest BCUT2D eigenvalue weighted by Crippen LogP contribution is 2.06. The Kier molecular flexibility index (Phi) is 7.34. The van der Waals surface area contributed by atoms with Crippen molar-refractivity contribution in [3.8, 4) is 0 Å². The van der Waals surface area contributed by atoms with E-state index in [-0.39, 0.29) is 0 Å². The van der Waals surface area contributed by atoms with Gasteiger partial charge in [-0.2, -0.15) is 0 Å². The molecule has 0 aromatic heterocycles. The maximum Gasteiger partial charge on any atom is 0.417 e. The maximum atomic E-state index is 11.2. The highest BCUT2D eigenvalue weighted by Gasteiger charge is 2.18. The quantitative estimate of drug-likeness (QED) is 0.755. The van der Waals surface area contributed by atoms with Crippen molar-refractivity contribution in [2.75, 3.05) is 6.61 Å². The normalized spacial score (nSPS) is 10.8. The van der Waals surface area contributed by atoms with Gasteiger partial charge in [0.05, 0.1) is 6.61 Å². The Balaban J connectivity index is 3.61. The zero-order chi connectivity index (χ0) is 13.3. The summed E-state index contributed by atoms with van der Waals surface area (Å²) in [5, 5.41) is 2.01. The van der Waals surface area contributed by atoms with Crippen LogP contribution in [0.3, 0.4) is 0 Å². The van der Waals surface area contributed by atoms with Gasteiger partial charge in [0, 0.05) is 0 Å². The van der Waals surface area contributed by atoms with Crippen LogP contribution < -0.4 is 5.32 Å². The first kappa shape index (κ1) is 15.7. The third-order valence-corrected chi connectivity index (χ3v) is 1.83. The Morgan fingerprint density at radius 2 is 1.71 bits per heavy atom. The predicted molar refractivity (Wildman–Crippen MR) is 64.9 cm³/mol. The first-order valence-corrected chi connectivity index (χ1v) is 6.02. The number of alkyl carbamates (subject to hydrolysis) is 2. The summed E-state index contributed by atoms with van der Waals surface area (Å²) in [4.78, 5) is 22.3. The number of carbonyl (C=O) groups is 2. The molecule has 0 unspecified atom stereocenters. The van der Waals surface area contributed by atoms with E-state index in [2.05, 4.69) is 6.92 Å². The first-order valence-electron chi connectivity index (χ1n) is 6.02. The van der Waals surface area contributed by atoms with Crippen molar-refractivity contribution in [2.45, 2.75) is 59.0 Å². The van der Waals surface area contributed by atoms with Crippen LogP contribution >= 0.6 is 0 Å². The Hall–Kier alpha value is -1.26. The lowest BCUT2D eigenvalue weighted by atomic mass is 10.2. The molecule has 2 amide bonds. The van der Waals surface area contributed by atoms with Gasteiger partial charge < -0.3 is 9.47 Å². The molecule has 1 N–H and O–H groups in total. The van der Waals surface area contributed by atoms with Gasteiger partial charge >= 0.3 is 12.2 Å². The van der Waals surface area contributed by atoms with Gasteiger partial charge in [0.25, 0.3) is 0 Å². The van der Waals surface area contributed by atoms with Crippen LogP contribution in [-0.4, -0.2) is 24.4 Å². The van der Waals surface area contributed by atoms with Crippen LogP contribution in [0, 0.1) is 0 Å². The molecular formula is C12H23NO4. The molecule has 0 atom stereocenters. The molecule has 0 fully saturated rings. The molecule has 17 heavy (non-hydrogen) atoms. The van der Waals surface area contributed by atoms with Gasteiger partial charge in [-0.05, 0) is 27.2 Å². The summed E-state index contributed by atoms with van der Waals surface area (Å²) in [6.07, 6.45) is 2.55. The van der Waals surface area contributed by atoms with E-state index in [1.54, 1.807) is 20.8 Å². The zero-order valence-electron chi connectivity index (χ0n) is 11.2. The Morgan fingerprint density at radius 3 is 2.24 bits per heavy atom. The lowest BCUT2D eigenvalue weighted by molar-refractivity contribution is 0.0510. The number of hydrogen-bond donors (Lipinski definition) is 1. The molecule has 5 nitrogen and oxygen atoms in total. The minimum Gasteiger partial charge on any atom is -0.449 e. The monoisotopic (exact) mass is 245 g/mol. The molecule has 0 spiro atoms. The van der Waals surface area contributed by atoms with E-state index in [1.807, 2.05) is 5.32 Å². The molecule has 0 radical (unpaired) electrons. The van der Waals surface area contributed by atoms with E-state index in [0.29, 0.717) is 6.61 Å². The number of amides is 2. The van der Waals surface area contributed by atoms with E-state index in [1.165, 1.54) is 0 Å². The standard InChI is InChI=1S/C12H23NO4/c1-5-6-7-8-9-16-10(14)13-11(15)17-12(2,3)4/h5-9H2,1-4H3,(H,13,14,15). The van der Waals surface area contributed by atoms with E-state index in [9.17, 15) is 9.59 Å². The molecule has 100 valence electrons. The second kappa shape index (κ2) is 7.92. The number of unbranched alkanes of at least 4 members (excludes halogenated alkanes) is 3. The highest BCUT2D eigenvalue weighted by molar-refractivity contribution is 5.87. The van der Waals surface area contributed by atoms with Crippen LogP contribution in [0.2, 0.25) is 0 Å². The second-order valence-corrected chi connectivity index (χ2v) is 4.82. The fourth-order valence-electron chi connectivity index (χ4n) is 1.12. The van der Waals surface area contributed by atoms with E-state index >= 15 is 0 Å². The van der Waals surface area contributed by atoms with Crippen LogP contribution in [0.4, 0.5) is 9.59 Å². The lowest BCUT2D eigenvalue weighted by Gasteiger charge is -2.19. The van der Waals surface area contributed by atoms with Crippen LogP contribution in [0.15, 0.2) is 0 Å². The van der Waals surface area contributed by atoms with Gasteiger partial charge in [-0.25, -0.2) is 14.9 Å². The van der Waals surface area contributed by atoms with Crippen molar-refractivity contribution in [1.82, 2.24) is 5.32 Å². The molecule has 0 rings (SSSR count). The van der Waals surface area contributed by atoms with Gasteiger partial charge in [0.1, 0.15) is 5.60 Å². The number of carbonyl (C=O) groups excluding carboxylic acids is 2. The molecule has 0 saturated heterocycles. The van der Waals surface area contributed by atoms with Crippen molar-refractivity contribution in [2.24, 2.45) is 0 Å². The van der Waals surface area contributed by atoms with Crippen LogP contribution in [0.5, 0.6) is 0 Å². The fourth-order valence-corrected chi connectivity index (χ4v) is 1.12. The number of nitrogens with one attached hydrogen (secondary N) is 1. The van der Waals surface area contributed by atoms with Gasteiger partial charge in [0.2, 0.25) is 0 Å². The third kappa shape index (κ3) is 11.0. The molecule has 0 heterocycles. The number of ether oxygens (including phenoxy) is 2. The van der Waals surface area contributed by atoms with E-state index in [4.69, 9.17) is 9.47 Å². The van der Waals surface area contributed by atoms with Crippen LogP contribution in [0.25, 0.3) is 0 Å². The molecule has 0 aliphatic carbocycles. The summed E-state index contributed by atoms with van der Waals surface area (Å²) >= 11 is 0. The summed E-state index contributed by atoms with van der Waals surface area (Å²) in [7, 11) is 0. The third-order valence-electron chi connectivity index (χ3n) is 1.83. The summed E-state index contributed by atoms with van der Waals surface area (Å²) in [6.45, 7) is 7.61. The van der Waals surface area contributed by atoms with Crippen molar-refractivity contribution >= 4 is 12.2 Å². The van der Waals surface area contributed by atoms with Gasteiger partial charge in [-0.1, -0.05) is 26.2 Å². The van der Waals surface area contributed by atoms with Crippen molar-refractivity contribution in [3.05, 3.63) is 0 Å². The van der Waals surface area contributed by atoms with Crippen molar-refractivity contribution < 1.29 is 19.1 Å². The van der Waals surface area contributed by atoms with Gasteiger partial charge in [-0.3, -0.25) is 0 Å². The van der Waals surface area contributed by atoms with Gasteiger partial charge in [0.15, 0.2) is 0 Å². The minimum absolute atomic E-state index is 0.328.